The van der Waals surface area contributed by atoms with Gasteiger partial charge >= 0.3 is 5.97 Å². The van der Waals surface area contributed by atoms with E-state index in [4.69, 9.17) is 4.74 Å². The number of hydrogen-bond donors (Lipinski definition) is 1. The molecule has 3 heterocycles. The van der Waals surface area contributed by atoms with Crippen molar-refractivity contribution in [1.29, 1.82) is 0 Å². The van der Waals surface area contributed by atoms with Crippen LogP contribution < -0.4 is 0 Å². The van der Waals surface area contributed by atoms with Crippen LogP contribution in [0.15, 0.2) is 24.5 Å². The molecule has 0 amide bonds. The summed E-state index contributed by atoms with van der Waals surface area (Å²) in [6, 6.07) is 3.90. The Morgan fingerprint density at radius 1 is 1.44 bits per heavy atom. The van der Waals surface area contributed by atoms with Gasteiger partial charge in [-0.05, 0) is 49.8 Å². The van der Waals surface area contributed by atoms with Crippen LogP contribution in [0.3, 0.4) is 0 Å². The second-order valence-corrected chi connectivity index (χ2v) is 5.34. The first-order valence-corrected chi connectivity index (χ1v) is 6.48. The number of aliphatic carboxylic acids is 1. The van der Waals surface area contributed by atoms with Gasteiger partial charge in [0.05, 0.1) is 17.6 Å². The maximum Gasteiger partial charge on any atom is 0.312 e. The average molecular weight is 247 g/mol. The monoisotopic (exact) mass is 247 g/mol. The molecule has 18 heavy (non-hydrogen) atoms. The average Bonchev–Trinajstić information content (AvgIpc) is 2.98. The quantitative estimate of drug-likeness (QED) is 0.884. The predicted octanol–water partition coefficient (Wildman–Crippen LogP) is 2.04. The van der Waals surface area contributed by atoms with Gasteiger partial charge in [0.1, 0.15) is 0 Å². The molecule has 0 radical (unpaired) electrons. The first-order valence-electron chi connectivity index (χ1n) is 6.48. The Morgan fingerprint density at radius 2 is 2.22 bits per heavy atom. The molecule has 3 rings (SSSR count). The molecule has 4 heteroatoms. The van der Waals surface area contributed by atoms with Crippen LogP contribution in [-0.2, 0) is 16.0 Å². The van der Waals surface area contributed by atoms with Crippen molar-refractivity contribution in [3.05, 3.63) is 30.1 Å². The fourth-order valence-corrected chi connectivity index (χ4v) is 3.31. The summed E-state index contributed by atoms with van der Waals surface area (Å²) in [6.45, 7) is 0. The molecule has 1 aromatic heterocycles. The molecule has 4 nitrogen and oxygen atoms in total. The number of carbonyl (C=O) groups is 1. The Balaban J connectivity index is 1.74. The van der Waals surface area contributed by atoms with Crippen LogP contribution in [0.4, 0.5) is 0 Å². The highest BCUT2D eigenvalue weighted by molar-refractivity contribution is 5.76. The van der Waals surface area contributed by atoms with Crippen molar-refractivity contribution in [1.82, 2.24) is 4.98 Å². The van der Waals surface area contributed by atoms with Crippen molar-refractivity contribution in [2.24, 2.45) is 5.41 Å². The van der Waals surface area contributed by atoms with Crippen molar-refractivity contribution in [3.63, 3.8) is 0 Å². The minimum absolute atomic E-state index is 0.0816. The number of rotatable bonds is 4. The largest absolute Gasteiger partial charge is 0.481 e. The van der Waals surface area contributed by atoms with Gasteiger partial charge in [0.15, 0.2) is 0 Å². The number of nitrogens with zero attached hydrogens (tertiary/aromatic N) is 1. The molecule has 1 aromatic rings. The number of ether oxygens (including phenoxy) is 1. The number of carboxylic acid groups (broad SMARTS) is 1. The first-order chi connectivity index (χ1) is 8.71. The molecule has 1 N–H and O–H groups in total. The Labute approximate surface area is 106 Å². The molecule has 2 bridgehead atoms. The van der Waals surface area contributed by atoms with Gasteiger partial charge in [0.2, 0.25) is 0 Å². The predicted molar refractivity (Wildman–Crippen MR) is 65.1 cm³/mol. The smallest absolute Gasteiger partial charge is 0.312 e. The van der Waals surface area contributed by atoms with Crippen LogP contribution in [0.5, 0.6) is 0 Å². The van der Waals surface area contributed by atoms with E-state index in [1.165, 1.54) is 0 Å². The second-order valence-electron chi connectivity index (χ2n) is 5.34. The van der Waals surface area contributed by atoms with E-state index in [9.17, 15) is 9.90 Å². The molecule has 0 aliphatic carbocycles. The Morgan fingerprint density at radius 3 is 2.78 bits per heavy atom. The summed E-state index contributed by atoms with van der Waals surface area (Å²) in [5, 5.41) is 9.57. The van der Waals surface area contributed by atoms with Gasteiger partial charge in [-0.2, -0.15) is 0 Å². The van der Waals surface area contributed by atoms with Crippen molar-refractivity contribution in [2.45, 2.75) is 44.3 Å². The summed E-state index contributed by atoms with van der Waals surface area (Å²) in [5.41, 5.74) is 0.486. The molecular weight excluding hydrogens is 230 g/mol. The minimum Gasteiger partial charge on any atom is -0.481 e. The maximum atomic E-state index is 11.6. The molecule has 3 unspecified atom stereocenters. The summed E-state index contributed by atoms with van der Waals surface area (Å²) >= 11 is 0. The molecular formula is C14H17NO3. The summed E-state index contributed by atoms with van der Waals surface area (Å²) in [6.07, 6.45) is 7.63. The summed E-state index contributed by atoms with van der Waals surface area (Å²) in [4.78, 5) is 15.6. The van der Waals surface area contributed by atoms with Crippen LogP contribution in [-0.4, -0.2) is 28.3 Å². The normalized spacial score (nSPS) is 33.8. The highest BCUT2D eigenvalue weighted by Gasteiger charge is 2.56. The first kappa shape index (κ1) is 11.7. The van der Waals surface area contributed by atoms with Crippen LogP contribution in [0, 0.1) is 5.41 Å². The Hall–Kier alpha value is -1.42. The maximum absolute atomic E-state index is 11.6. The van der Waals surface area contributed by atoms with Gasteiger partial charge in [-0.15, -0.1) is 0 Å². The molecule has 0 spiro atoms. The lowest BCUT2D eigenvalue weighted by Crippen LogP contribution is -2.40. The third-order valence-electron chi connectivity index (χ3n) is 4.35. The molecule has 96 valence electrons. The number of aryl methyl sites for hydroxylation is 1. The van der Waals surface area contributed by atoms with Gasteiger partial charge in [0.25, 0.3) is 0 Å². The Bertz CT molecular complexity index is 448. The molecule has 2 aliphatic rings. The third-order valence-corrected chi connectivity index (χ3v) is 4.35. The van der Waals surface area contributed by atoms with Crippen LogP contribution in [0.25, 0.3) is 0 Å². The molecule has 3 atom stereocenters. The van der Waals surface area contributed by atoms with Crippen LogP contribution in [0.2, 0.25) is 0 Å². The van der Waals surface area contributed by atoms with Crippen molar-refractivity contribution >= 4 is 5.97 Å². The number of fused-ring (bicyclic) bond motifs is 2. The third kappa shape index (κ3) is 1.81. The van der Waals surface area contributed by atoms with Crippen molar-refractivity contribution in [2.75, 3.05) is 0 Å². The van der Waals surface area contributed by atoms with E-state index in [2.05, 4.69) is 4.98 Å². The van der Waals surface area contributed by atoms with Crippen molar-refractivity contribution in [3.8, 4) is 0 Å². The molecule has 0 saturated carbocycles. The minimum atomic E-state index is -0.691. The summed E-state index contributed by atoms with van der Waals surface area (Å²) in [5.74, 6) is -0.691. The van der Waals surface area contributed by atoms with E-state index in [0.29, 0.717) is 12.8 Å². The number of aromatic nitrogens is 1. The molecule has 0 aromatic carbocycles. The van der Waals surface area contributed by atoms with Crippen molar-refractivity contribution < 1.29 is 14.6 Å². The van der Waals surface area contributed by atoms with Gasteiger partial charge in [0, 0.05) is 12.4 Å². The van der Waals surface area contributed by atoms with E-state index >= 15 is 0 Å². The lowest BCUT2D eigenvalue weighted by Gasteiger charge is -2.30. The van der Waals surface area contributed by atoms with E-state index in [1.807, 2.05) is 12.1 Å². The fraction of sp³-hybridized carbons (Fsp3) is 0.571. The lowest BCUT2D eigenvalue weighted by molar-refractivity contribution is -0.152. The summed E-state index contributed by atoms with van der Waals surface area (Å²) < 4.78 is 5.74. The topological polar surface area (TPSA) is 59.4 Å². The lowest BCUT2D eigenvalue weighted by atomic mass is 9.70. The van der Waals surface area contributed by atoms with Gasteiger partial charge in [-0.25, -0.2) is 0 Å². The highest BCUT2D eigenvalue weighted by atomic mass is 16.5. The van der Waals surface area contributed by atoms with Gasteiger partial charge < -0.3 is 9.84 Å². The number of pyridine rings is 1. The van der Waals surface area contributed by atoms with E-state index in [1.54, 1.807) is 12.4 Å². The summed E-state index contributed by atoms with van der Waals surface area (Å²) in [7, 11) is 0. The molecule has 2 fully saturated rings. The SMILES string of the molecule is O=C(O)C1(CCc2ccncc2)CC2CCC1O2. The Kier molecular flexibility index (Phi) is 2.82. The zero-order valence-electron chi connectivity index (χ0n) is 10.2. The van der Waals surface area contributed by atoms with Gasteiger partial charge in [-0.1, -0.05) is 0 Å². The number of carboxylic acids is 1. The van der Waals surface area contributed by atoms with Gasteiger partial charge in [-0.3, -0.25) is 9.78 Å². The van der Waals surface area contributed by atoms with Crippen LogP contribution in [0.1, 0.15) is 31.2 Å². The fourth-order valence-electron chi connectivity index (χ4n) is 3.31. The van der Waals surface area contributed by atoms with Crippen LogP contribution >= 0.6 is 0 Å². The second kappa shape index (κ2) is 4.35. The standard InChI is InChI=1S/C14H17NO3/c16-13(17)14(9-11-1-2-12(14)18-11)6-3-10-4-7-15-8-5-10/h4-5,7-8,11-12H,1-3,6,9H2,(H,16,17). The van der Waals surface area contributed by atoms with E-state index in [0.717, 1.165) is 24.8 Å². The van der Waals surface area contributed by atoms with E-state index in [-0.39, 0.29) is 12.2 Å². The zero-order chi connectivity index (χ0) is 12.6. The highest BCUT2D eigenvalue weighted by Crippen LogP contribution is 2.50. The van der Waals surface area contributed by atoms with E-state index < -0.39 is 11.4 Å². The zero-order valence-corrected chi connectivity index (χ0v) is 10.2. The molecule has 2 aliphatic heterocycles. The molecule has 2 saturated heterocycles. The number of hydrogen-bond acceptors (Lipinski definition) is 3.